The summed E-state index contributed by atoms with van der Waals surface area (Å²) in [6, 6.07) is 19.7. The number of anilines is 2. The molecule has 3 rings (SSSR count). The number of carbonyl (C=O) groups excluding carboxylic acids is 1. The topological polar surface area (TPSA) is 101 Å². The number of aliphatic carboxylic acids is 1. The third-order valence-electron chi connectivity index (χ3n) is 5.28. The van der Waals surface area contributed by atoms with Gasteiger partial charge in [-0.1, -0.05) is 66.2 Å². The Kier molecular flexibility index (Phi) is 7.91. The Hall–Kier alpha value is -3.42. The Labute approximate surface area is 203 Å². The molecule has 3 aromatic carbocycles. The molecule has 1 unspecified atom stereocenters. The minimum Gasteiger partial charge on any atom is -0.480 e. The van der Waals surface area contributed by atoms with Gasteiger partial charge in [-0.25, -0.2) is 8.42 Å². The maximum atomic E-state index is 12.9. The zero-order valence-corrected chi connectivity index (χ0v) is 20.2. The van der Waals surface area contributed by atoms with Crippen molar-refractivity contribution >= 4 is 50.6 Å². The monoisotopic (exact) mass is 497 g/mol. The lowest BCUT2D eigenvalue weighted by atomic mass is 9.99. The molecular formula is C26H24ClNO5S. The van der Waals surface area contributed by atoms with Crippen molar-refractivity contribution in [3.05, 3.63) is 100 Å². The fourth-order valence-corrected chi connectivity index (χ4v) is 4.53. The van der Waals surface area contributed by atoms with Crippen LogP contribution in [0.4, 0.5) is 11.4 Å². The van der Waals surface area contributed by atoms with Crippen LogP contribution in [0.1, 0.15) is 33.5 Å². The van der Waals surface area contributed by atoms with Gasteiger partial charge in [0.25, 0.3) is 0 Å². The molecule has 0 fully saturated rings. The zero-order chi connectivity index (χ0) is 24.9. The lowest BCUT2D eigenvalue weighted by Gasteiger charge is -2.12. The first kappa shape index (κ1) is 25.2. The number of hydrogen-bond acceptors (Lipinski definition) is 5. The number of carboxylic acids is 1. The highest BCUT2D eigenvalue weighted by Gasteiger charge is 2.27. The van der Waals surface area contributed by atoms with E-state index >= 15 is 0 Å². The molecule has 0 spiro atoms. The fraction of sp³-hybridized carbons (Fsp3) is 0.154. The van der Waals surface area contributed by atoms with Crippen LogP contribution in [0.5, 0.6) is 0 Å². The van der Waals surface area contributed by atoms with E-state index in [0.717, 1.165) is 17.4 Å². The van der Waals surface area contributed by atoms with Gasteiger partial charge in [0.2, 0.25) is 0 Å². The maximum absolute atomic E-state index is 12.9. The second-order valence-electron chi connectivity index (χ2n) is 7.85. The molecule has 0 bridgehead atoms. The van der Waals surface area contributed by atoms with Crippen molar-refractivity contribution in [1.82, 2.24) is 0 Å². The molecule has 0 heterocycles. The molecule has 0 aromatic heterocycles. The van der Waals surface area contributed by atoms with Crippen LogP contribution in [0, 0.1) is 6.92 Å². The van der Waals surface area contributed by atoms with Crippen LogP contribution in [-0.2, 0) is 14.6 Å². The largest absolute Gasteiger partial charge is 0.480 e. The quantitative estimate of drug-likeness (QED) is 0.377. The smallest absolute Gasteiger partial charge is 0.322 e. The number of sulfone groups is 1. The van der Waals surface area contributed by atoms with Crippen LogP contribution in [0.25, 0.3) is 6.08 Å². The number of aryl methyl sites for hydroxylation is 1. The summed E-state index contributed by atoms with van der Waals surface area (Å²) in [5.41, 5.74) is 3.96. The molecule has 0 aliphatic rings. The van der Waals surface area contributed by atoms with Gasteiger partial charge < -0.3 is 10.4 Å². The van der Waals surface area contributed by atoms with Gasteiger partial charge in [-0.2, -0.15) is 0 Å². The number of carbonyl (C=O) groups is 2. The van der Waals surface area contributed by atoms with E-state index in [4.69, 9.17) is 16.7 Å². The molecule has 0 amide bonds. The molecule has 0 radical (unpaired) electrons. The second-order valence-corrected chi connectivity index (χ2v) is 10.5. The third kappa shape index (κ3) is 6.12. The highest BCUT2D eigenvalue weighted by atomic mass is 35.5. The van der Waals surface area contributed by atoms with Gasteiger partial charge in [0.1, 0.15) is 0 Å². The summed E-state index contributed by atoms with van der Waals surface area (Å²) in [5, 5.41) is 11.2. The van der Waals surface area contributed by atoms with Crippen molar-refractivity contribution < 1.29 is 23.1 Å². The average Bonchev–Trinajstić information content (AvgIpc) is 2.76. The number of halogens is 1. The van der Waals surface area contributed by atoms with E-state index in [1.807, 2.05) is 49.4 Å². The summed E-state index contributed by atoms with van der Waals surface area (Å²) in [6.07, 6.45) is 3.95. The van der Waals surface area contributed by atoms with Crippen molar-refractivity contribution in [3.8, 4) is 0 Å². The van der Waals surface area contributed by atoms with E-state index in [1.54, 1.807) is 30.3 Å². The van der Waals surface area contributed by atoms with E-state index in [1.165, 1.54) is 6.08 Å². The van der Waals surface area contributed by atoms with E-state index in [-0.39, 0.29) is 12.2 Å². The Morgan fingerprint density at radius 2 is 1.71 bits per heavy atom. The molecule has 0 aliphatic carbocycles. The van der Waals surface area contributed by atoms with Crippen LogP contribution in [-0.4, -0.2) is 36.8 Å². The standard InChI is InChI=1S/C26H24ClNO5S/c1-17-8-3-5-11-20(17)25(29)21-15-14-19(16-22(21)27)28-23-12-6-4-9-18(23)10-7-13-24(26(30)31)34(2,32)33/h3-12,14-16,24,28H,13H2,1-2H3,(H,30,31)/b10-7+. The Morgan fingerprint density at radius 1 is 1.03 bits per heavy atom. The lowest BCUT2D eigenvalue weighted by molar-refractivity contribution is -0.136. The fourth-order valence-electron chi connectivity index (χ4n) is 3.44. The molecular weight excluding hydrogens is 474 g/mol. The summed E-state index contributed by atoms with van der Waals surface area (Å²) in [7, 11) is -3.72. The molecule has 0 saturated heterocycles. The van der Waals surface area contributed by atoms with Crippen LogP contribution in [0.2, 0.25) is 5.02 Å². The number of allylic oxidation sites excluding steroid dienone is 1. The summed E-state index contributed by atoms with van der Waals surface area (Å²) < 4.78 is 23.4. The molecule has 34 heavy (non-hydrogen) atoms. The van der Waals surface area contributed by atoms with Crippen LogP contribution < -0.4 is 5.32 Å². The summed E-state index contributed by atoms with van der Waals surface area (Å²) in [4.78, 5) is 24.2. The van der Waals surface area contributed by atoms with Crippen molar-refractivity contribution in [2.45, 2.75) is 18.6 Å². The number of rotatable bonds is 9. The van der Waals surface area contributed by atoms with Gasteiger partial charge in [0, 0.05) is 28.8 Å². The summed E-state index contributed by atoms with van der Waals surface area (Å²) >= 11 is 6.44. The van der Waals surface area contributed by atoms with Crippen molar-refractivity contribution in [2.75, 3.05) is 11.6 Å². The highest BCUT2D eigenvalue weighted by molar-refractivity contribution is 7.92. The van der Waals surface area contributed by atoms with Crippen LogP contribution in [0.15, 0.2) is 72.8 Å². The van der Waals surface area contributed by atoms with E-state index < -0.39 is 21.1 Å². The first-order chi connectivity index (χ1) is 16.1. The highest BCUT2D eigenvalue weighted by Crippen LogP contribution is 2.28. The number of ketones is 1. The van der Waals surface area contributed by atoms with Gasteiger partial charge in [0.05, 0.1) is 5.02 Å². The molecule has 0 saturated carbocycles. The Morgan fingerprint density at radius 3 is 2.35 bits per heavy atom. The predicted molar refractivity (Wildman–Crippen MR) is 136 cm³/mol. The van der Waals surface area contributed by atoms with E-state index in [9.17, 15) is 18.0 Å². The minimum atomic E-state index is -3.72. The van der Waals surface area contributed by atoms with E-state index in [2.05, 4.69) is 5.32 Å². The lowest BCUT2D eigenvalue weighted by Crippen LogP contribution is -2.28. The predicted octanol–water partition coefficient (Wildman–Crippen LogP) is 5.52. The molecule has 6 nitrogen and oxygen atoms in total. The van der Waals surface area contributed by atoms with Crippen LogP contribution >= 0.6 is 11.6 Å². The number of nitrogens with one attached hydrogen (secondary N) is 1. The zero-order valence-electron chi connectivity index (χ0n) is 18.7. The number of carboxylic acid groups (broad SMARTS) is 1. The molecule has 2 N–H and O–H groups in total. The first-order valence-electron chi connectivity index (χ1n) is 10.4. The summed E-state index contributed by atoms with van der Waals surface area (Å²) in [5.74, 6) is -1.54. The second kappa shape index (κ2) is 10.7. The third-order valence-corrected chi connectivity index (χ3v) is 7.02. The molecule has 0 aliphatic heterocycles. The number of hydrogen-bond donors (Lipinski definition) is 2. The Bertz CT molecular complexity index is 1370. The van der Waals surface area contributed by atoms with Gasteiger partial charge in [-0.05, 0) is 48.7 Å². The van der Waals surface area contributed by atoms with Crippen molar-refractivity contribution in [3.63, 3.8) is 0 Å². The first-order valence-corrected chi connectivity index (χ1v) is 12.8. The molecule has 176 valence electrons. The normalized spacial score (nSPS) is 12.4. The van der Waals surface area contributed by atoms with Crippen molar-refractivity contribution in [2.24, 2.45) is 0 Å². The average molecular weight is 498 g/mol. The summed E-state index contributed by atoms with van der Waals surface area (Å²) in [6.45, 7) is 1.87. The van der Waals surface area contributed by atoms with Gasteiger partial charge in [0.15, 0.2) is 20.9 Å². The maximum Gasteiger partial charge on any atom is 0.322 e. The van der Waals surface area contributed by atoms with Gasteiger partial charge >= 0.3 is 5.97 Å². The SMILES string of the molecule is Cc1ccccc1C(=O)c1ccc(Nc2ccccc2/C=C/CC(C(=O)O)S(C)(=O)=O)cc1Cl. The van der Waals surface area contributed by atoms with Gasteiger partial charge in [-0.3, -0.25) is 9.59 Å². The molecule has 8 heteroatoms. The van der Waals surface area contributed by atoms with Gasteiger partial charge in [-0.15, -0.1) is 0 Å². The number of para-hydroxylation sites is 1. The minimum absolute atomic E-state index is 0.149. The van der Waals surface area contributed by atoms with E-state index in [0.29, 0.717) is 27.5 Å². The van der Waals surface area contributed by atoms with Crippen molar-refractivity contribution in [1.29, 1.82) is 0 Å². The number of benzene rings is 3. The molecule has 1 atom stereocenters. The Balaban J connectivity index is 1.81. The van der Waals surface area contributed by atoms with Crippen LogP contribution in [0.3, 0.4) is 0 Å². The molecule has 3 aromatic rings.